The molecule has 4 nitrogen and oxygen atoms in total. The van der Waals surface area contributed by atoms with E-state index in [1.165, 1.54) is 18.2 Å². The van der Waals surface area contributed by atoms with Crippen LogP contribution in [0.1, 0.15) is 32.6 Å². The molecule has 0 saturated carbocycles. The third-order valence-corrected chi connectivity index (χ3v) is 4.19. The SMILES string of the molecule is CCCCCNC(=O)CSc1ccc2c(c1)OCCCO2. The summed E-state index contributed by atoms with van der Waals surface area (Å²) in [6.07, 6.45) is 4.28. The molecule has 1 N–H and O–H groups in total. The fourth-order valence-electron chi connectivity index (χ4n) is 2.04. The van der Waals surface area contributed by atoms with E-state index in [1.54, 1.807) is 0 Å². The third-order valence-electron chi connectivity index (χ3n) is 3.19. The number of hydrogen-bond donors (Lipinski definition) is 1. The highest BCUT2D eigenvalue weighted by molar-refractivity contribution is 8.00. The molecular weight excluding hydrogens is 286 g/mol. The average Bonchev–Trinajstić information content (AvgIpc) is 2.74. The second kappa shape index (κ2) is 8.82. The fraction of sp³-hybridized carbons (Fsp3) is 0.562. The Morgan fingerprint density at radius 1 is 1.24 bits per heavy atom. The van der Waals surface area contributed by atoms with Crippen LogP contribution in [0.25, 0.3) is 0 Å². The van der Waals surface area contributed by atoms with Crippen molar-refractivity contribution in [1.29, 1.82) is 0 Å². The Kier molecular flexibility index (Phi) is 6.73. The molecule has 1 aromatic rings. The van der Waals surface area contributed by atoms with Gasteiger partial charge < -0.3 is 14.8 Å². The van der Waals surface area contributed by atoms with Crippen LogP contribution in [0.4, 0.5) is 0 Å². The molecule has 1 aromatic carbocycles. The maximum atomic E-state index is 11.7. The smallest absolute Gasteiger partial charge is 0.230 e. The maximum Gasteiger partial charge on any atom is 0.230 e. The molecule has 0 spiro atoms. The van der Waals surface area contributed by atoms with Gasteiger partial charge in [0, 0.05) is 17.9 Å². The lowest BCUT2D eigenvalue weighted by Gasteiger charge is -2.09. The Bertz CT molecular complexity index is 465. The predicted octanol–water partition coefficient (Wildman–Crippen LogP) is 3.25. The Balaban J connectivity index is 1.78. The van der Waals surface area contributed by atoms with Crippen molar-refractivity contribution in [3.05, 3.63) is 18.2 Å². The zero-order chi connectivity index (χ0) is 14.9. The zero-order valence-corrected chi connectivity index (χ0v) is 13.3. The first kappa shape index (κ1) is 16.0. The number of thioether (sulfide) groups is 1. The largest absolute Gasteiger partial charge is 0.490 e. The van der Waals surface area contributed by atoms with Gasteiger partial charge >= 0.3 is 0 Å². The van der Waals surface area contributed by atoms with E-state index in [1.807, 2.05) is 18.2 Å². The molecule has 0 fully saturated rings. The van der Waals surface area contributed by atoms with Crippen molar-refractivity contribution >= 4 is 17.7 Å². The summed E-state index contributed by atoms with van der Waals surface area (Å²) in [4.78, 5) is 12.8. The van der Waals surface area contributed by atoms with Crippen LogP contribution in [0, 0.1) is 0 Å². The molecule has 1 heterocycles. The molecule has 0 radical (unpaired) electrons. The van der Waals surface area contributed by atoms with E-state index in [2.05, 4.69) is 12.2 Å². The number of hydrogen-bond acceptors (Lipinski definition) is 4. The number of fused-ring (bicyclic) bond motifs is 1. The van der Waals surface area contributed by atoms with E-state index in [0.717, 1.165) is 42.2 Å². The minimum absolute atomic E-state index is 0.0863. The maximum absolute atomic E-state index is 11.7. The zero-order valence-electron chi connectivity index (χ0n) is 12.5. The average molecular weight is 309 g/mol. The highest BCUT2D eigenvalue weighted by atomic mass is 32.2. The van der Waals surface area contributed by atoms with Gasteiger partial charge in [-0.05, 0) is 24.6 Å². The first-order valence-electron chi connectivity index (χ1n) is 7.58. The van der Waals surface area contributed by atoms with E-state index in [4.69, 9.17) is 9.47 Å². The summed E-state index contributed by atoms with van der Waals surface area (Å²) in [5, 5.41) is 2.94. The van der Waals surface area contributed by atoms with Crippen LogP contribution in [-0.4, -0.2) is 31.4 Å². The summed E-state index contributed by atoms with van der Waals surface area (Å²) in [5.74, 6) is 2.09. The Hall–Kier alpha value is -1.36. The Morgan fingerprint density at radius 2 is 2.05 bits per heavy atom. The molecule has 0 atom stereocenters. The van der Waals surface area contributed by atoms with Crippen LogP contribution < -0.4 is 14.8 Å². The van der Waals surface area contributed by atoms with Gasteiger partial charge in [0.1, 0.15) is 0 Å². The topological polar surface area (TPSA) is 47.6 Å². The van der Waals surface area contributed by atoms with Gasteiger partial charge in [0.2, 0.25) is 5.91 Å². The summed E-state index contributed by atoms with van der Waals surface area (Å²) >= 11 is 1.52. The highest BCUT2D eigenvalue weighted by Gasteiger charge is 2.11. The van der Waals surface area contributed by atoms with Gasteiger partial charge in [-0.2, -0.15) is 0 Å². The monoisotopic (exact) mass is 309 g/mol. The van der Waals surface area contributed by atoms with Gasteiger partial charge in [0.05, 0.1) is 19.0 Å². The lowest BCUT2D eigenvalue weighted by Crippen LogP contribution is -2.26. The van der Waals surface area contributed by atoms with Crippen molar-refractivity contribution in [2.45, 2.75) is 37.5 Å². The van der Waals surface area contributed by atoms with Crippen LogP contribution in [0.15, 0.2) is 23.1 Å². The first-order valence-corrected chi connectivity index (χ1v) is 8.57. The molecular formula is C16H23NO3S. The molecule has 1 aliphatic heterocycles. The van der Waals surface area contributed by atoms with Crippen LogP contribution in [0.5, 0.6) is 11.5 Å². The van der Waals surface area contributed by atoms with Crippen LogP contribution >= 0.6 is 11.8 Å². The molecule has 2 rings (SSSR count). The molecule has 0 unspecified atom stereocenters. The summed E-state index contributed by atoms with van der Waals surface area (Å²) in [7, 11) is 0. The number of carbonyl (C=O) groups excluding carboxylic acids is 1. The molecule has 5 heteroatoms. The van der Waals surface area contributed by atoms with Crippen LogP contribution in [0.2, 0.25) is 0 Å². The van der Waals surface area contributed by atoms with Gasteiger partial charge in [-0.25, -0.2) is 0 Å². The van der Waals surface area contributed by atoms with E-state index < -0.39 is 0 Å². The van der Waals surface area contributed by atoms with E-state index >= 15 is 0 Å². The minimum atomic E-state index is 0.0863. The molecule has 116 valence electrons. The van der Waals surface area contributed by atoms with Gasteiger partial charge in [-0.1, -0.05) is 19.8 Å². The lowest BCUT2D eigenvalue weighted by atomic mass is 10.2. The molecule has 1 aliphatic rings. The summed E-state index contributed by atoms with van der Waals surface area (Å²) < 4.78 is 11.2. The van der Waals surface area contributed by atoms with Gasteiger partial charge in [-0.15, -0.1) is 11.8 Å². The molecule has 0 bridgehead atoms. The van der Waals surface area contributed by atoms with E-state index in [9.17, 15) is 4.79 Å². The normalized spacial score (nSPS) is 13.6. The van der Waals surface area contributed by atoms with E-state index in [-0.39, 0.29) is 5.91 Å². The number of ether oxygens (including phenoxy) is 2. The van der Waals surface area contributed by atoms with Crippen molar-refractivity contribution in [2.75, 3.05) is 25.5 Å². The van der Waals surface area contributed by atoms with Gasteiger partial charge in [-0.3, -0.25) is 4.79 Å². The number of amides is 1. The summed E-state index contributed by atoms with van der Waals surface area (Å²) in [5.41, 5.74) is 0. The van der Waals surface area contributed by atoms with Crippen LogP contribution in [-0.2, 0) is 4.79 Å². The fourth-order valence-corrected chi connectivity index (χ4v) is 2.79. The standard InChI is InChI=1S/C16H23NO3S/c1-2-3-4-8-17-16(18)12-21-13-6-7-14-15(11-13)20-10-5-9-19-14/h6-7,11H,2-5,8-10,12H2,1H3,(H,17,18). The summed E-state index contributed by atoms with van der Waals surface area (Å²) in [6, 6.07) is 5.85. The van der Waals surface area contributed by atoms with Crippen molar-refractivity contribution in [2.24, 2.45) is 0 Å². The molecule has 1 amide bonds. The molecule has 21 heavy (non-hydrogen) atoms. The lowest BCUT2D eigenvalue weighted by molar-refractivity contribution is -0.118. The van der Waals surface area contributed by atoms with E-state index in [0.29, 0.717) is 19.0 Å². The Labute approximate surface area is 130 Å². The van der Waals surface area contributed by atoms with Crippen molar-refractivity contribution < 1.29 is 14.3 Å². The third kappa shape index (κ3) is 5.50. The number of nitrogens with one attached hydrogen (secondary N) is 1. The molecule has 0 aliphatic carbocycles. The molecule has 0 aromatic heterocycles. The highest BCUT2D eigenvalue weighted by Crippen LogP contribution is 2.33. The Morgan fingerprint density at radius 3 is 2.86 bits per heavy atom. The number of unbranched alkanes of at least 4 members (excludes halogenated alkanes) is 2. The number of benzene rings is 1. The number of rotatable bonds is 7. The van der Waals surface area contributed by atoms with Crippen molar-refractivity contribution in [1.82, 2.24) is 5.32 Å². The second-order valence-corrected chi connectivity index (χ2v) is 6.05. The van der Waals surface area contributed by atoms with Crippen LogP contribution in [0.3, 0.4) is 0 Å². The van der Waals surface area contributed by atoms with Gasteiger partial charge in [0.25, 0.3) is 0 Å². The van der Waals surface area contributed by atoms with Crippen molar-refractivity contribution in [3.63, 3.8) is 0 Å². The predicted molar refractivity (Wildman–Crippen MR) is 85.3 cm³/mol. The van der Waals surface area contributed by atoms with Crippen molar-refractivity contribution in [3.8, 4) is 11.5 Å². The van der Waals surface area contributed by atoms with Gasteiger partial charge in [0.15, 0.2) is 11.5 Å². The minimum Gasteiger partial charge on any atom is -0.490 e. The first-order chi connectivity index (χ1) is 10.3. The second-order valence-electron chi connectivity index (χ2n) is 5.00. The number of carbonyl (C=O) groups is 1. The molecule has 0 saturated heterocycles. The summed E-state index contributed by atoms with van der Waals surface area (Å²) in [6.45, 7) is 4.30. The quantitative estimate of drug-likeness (QED) is 0.620.